The highest BCUT2D eigenvalue weighted by molar-refractivity contribution is 5.75. The van der Waals surface area contributed by atoms with Crippen molar-refractivity contribution in [2.75, 3.05) is 5.32 Å². The number of nitro benzene ring substituents is 1. The molecule has 6 nitrogen and oxygen atoms in total. The minimum Gasteiger partial charge on any atom is -0.481 e. The van der Waals surface area contributed by atoms with Gasteiger partial charge in [0, 0.05) is 17.4 Å². The van der Waals surface area contributed by atoms with Crippen molar-refractivity contribution in [3.05, 3.63) is 64.0 Å². The lowest BCUT2D eigenvalue weighted by Gasteiger charge is -2.10. The monoisotopic (exact) mass is 290 g/mol. The van der Waals surface area contributed by atoms with E-state index in [-0.39, 0.29) is 6.42 Å². The Kier molecular flexibility index (Phi) is 4.13. The number of carbonyl (C=O) groups is 1. The number of rotatable bonds is 5. The SMILES string of the molecule is O=C(O)Cc1ccccc1Nc1ccc(F)c([N+](=O)[O-])c1. The zero-order valence-electron chi connectivity index (χ0n) is 10.7. The number of carboxylic acid groups (broad SMARTS) is 1. The molecule has 0 aliphatic rings. The van der Waals surface area contributed by atoms with Gasteiger partial charge in [-0.15, -0.1) is 0 Å². The molecule has 2 rings (SSSR count). The summed E-state index contributed by atoms with van der Waals surface area (Å²) < 4.78 is 13.3. The Bertz CT molecular complexity index is 703. The van der Waals surface area contributed by atoms with Gasteiger partial charge in [0.15, 0.2) is 0 Å². The molecule has 7 heteroatoms. The summed E-state index contributed by atoms with van der Waals surface area (Å²) in [5.41, 5.74) is 0.689. The van der Waals surface area contributed by atoms with Gasteiger partial charge in [-0.25, -0.2) is 0 Å². The van der Waals surface area contributed by atoms with Crippen LogP contribution in [0.15, 0.2) is 42.5 Å². The molecule has 0 atom stereocenters. The highest BCUT2D eigenvalue weighted by Crippen LogP contribution is 2.26. The summed E-state index contributed by atoms with van der Waals surface area (Å²) in [6.45, 7) is 0. The third kappa shape index (κ3) is 3.53. The lowest BCUT2D eigenvalue weighted by Crippen LogP contribution is -2.04. The van der Waals surface area contributed by atoms with Gasteiger partial charge in [0.25, 0.3) is 0 Å². The van der Waals surface area contributed by atoms with Gasteiger partial charge in [0.2, 0.25) is 5.82 Å². The van der Waals surface area contributed by atoms with Gasteiger partial charge >= 0.3 is 11.7 Å². The highest BCUT2D eigenvalue weighted by Gasteiger charge is 2.15. The second-order valence-corrected chi connectivity index (χ2v) is 4.28. The van der Waals surface area contributed by atoms with Crippen LogP contribution < -0.4 is 5.32 Å². The van der Waals surface area contributed by atoms with E-state index in [0.29, 0.717) is 16.9 Å². The van der Waals surface area contributed by atoms with Gasteiger partial charge in [0.05, 0.1) is 11.3 Å². The number of hydrogen-bond acceptors (Lipinski definition) is 4. The van der Waals surface area contributed by atoms with Crippen LogP contribution in [-0.4, -0.2) is 16.0 Å². The third-order valence-electron chi connectivity index (χ3n) is 2.78. The summed E-state index contributed by atoms with van der Waals surface area (Å²) in [5.74, 6) is -1.92. The predicted molar refractivity (Wildman–Crippen MR) is 74.1 cm³/mol. The van der Waals surface area contributed by atoms with E-state index >= 15 is 0 Å². The van der Waals surface area contributed by atoms with E-state index < -0.39 is 22.4 Å². The number of nitrogens with one attached hydrogen (secondary N) is 1. The molecule has 0 heterocycles. The summed E-state index contributed by atoms with van der Waals surface area (Å²) in [4.78, 5) is 20.7. The molecule has 2 N–H and O–H groups in total. The van der Waals surface area contributed by atoms with E-state index in [1.807, 2.05) is 0 Å². The second kappa shape index (κ2) is 6.00. The first-order chi connectivity index (χ1) is 9.97. The number of para-hydroxylation sites is 1. The molecule has 0 radical (unpaired) electrons. The van der Waals surface area contributed by atoms with Crippen molar-refractivity contribution in [3.8, 4) is 0 Å². The summed E-state index contributed by atoms with van der Waals surface area (Å²) in [5, 5.41) is 22.4. The lowest BCUT2D eigenvalue weighted by atomic mass is 10.1. The van der Waals surface area contributed by atoms with E-state index in [2.05, 4.69) is 5.32 Å². The van der Waals surface area contributed by atoms with Crippen molar-refractivity contribution in [2.24, 2.45) is 0 Å². The smallest absolute Gasteiger partial charge is 0.307 e. The predicted octanol–water partition coefficient (Wildman–Crippen LogP) is 3.10. The summed E-state index contributed by atoms with van der Waals surface area (Å²) >= 11 is 0. The Morgan fingerprint density at radius 3 is 2.67 bits per heavy atom. The maximum Gasteiger partial charge on any atom is 0.307 e. The quantitative estimate of drug-likeness (QED) is 0.652. The maximum absolute atomic E-state index is 13.3. The molecule has 0 aliphatic heterocycles. The zero-order valence-corrected chi connectivity index (χ0v) is 10.7. The van der Waals surface area contributed by atoms with Crippen LogP contribution in [0.4, 0.5) is 21.5 Å². The summed E-state index contributed by atoms with van der Waals surface area (Å²) in [7, 11) is 0. The molecular weight excluding hydrogens is 279 g/mol. The van der Waals surface area contributed by atoms with Gasteiger partial charge in [-0.2, -0.15) is 4.39 Å². The largest absolute Gasteiger partial charge is 0.481 e. The highest BCUT2D eigenvalue weighted by atomic mass is 19.1. The topological polar surface area (TPSA) is 92.5 Å². The standard InChI is InChI=1S/C14H11FN2O4/c15-11-6-5-10(8-13(11)17(20)21)16-12-4-2-1-3-9(12)7-14(18)19/h1-6,8,16H,7H2,(H,18,19). The Morgan fingerprint density at radius 2 is 2.00 bits per heavy atom. The van der Waals surface area contributed by atoms with Crippen LogP contribution in [0, 0.1) is 15.9 Å². The van der Waals surface area contributed by atoms with Crippen LogP contribution in [0.3, 0.4) is 0 Å². The van der Waals surface area contributed by atoms with Crippen LogP contribution in [0.5, 0.6) is 0 Å². The van der Waals surface area contributed by atoms with Gasteiger partial charge in [0.1, 0.15) is 0 Å². The number of carboxylic acids is 1. The van der Waals surface area contributed by atoms with Gasteiger partial charge in [-0.3, -0.25) is 14.9 Å². The van der Waals surface area contributed by atoms with Crippen LogP contribution >= 0.6 is 0 Å². The van der Waals surface area contributed by atoms with Crippen LogP contribution in [0.2, 0.25) is 0 Å². The summed E-state index contributed by atoms with van der Waals surface area (Å²) in [6, 6.07) is 10.1. The van der Waals surface area contributed by atoms with Crippen LogP contribution in [-0.2, 0) is 11.2 Å². The van der Waals surface area contributed by atoms with Gasteiger partial charge in [-0.1, -0.05) is 18.2 Å². The number of anilines is 2. The van der Waals surface area contributed by atoms with Gasteiger partial charge < -0.3 is 10.4 Å². The first-order valence-electron chi connectivity index (χ1n) is 5.98. The van der Waals surface area contributed by atoms with Crippen molar-refractivity contribution in [1.29, 1.82) is 0 Å². The molecule has 21 heavy (non-hydrogen) atoms. The van der Waals surface area contributed by atoms with Crippen molar-refractivity contribution < 1.29 is 19.2 Å². The molecule has 2 aromatic carbocycles. The second-order valence-electron chi connectivity index (χ2n) is 4.28. The lowest BCUT2D eigenvalue weighted by molar-refractivity contribution is -0.387. The molecular formula is C14H11FN2O4. The van der Waals surface area contributed by atoms with Crippen molar-refractivity contribution >= 4 is 23.0 Å². The maximum atomic E-state index is 13.3. The minimum atomic E-state index is -0.991. The van der Waals surface area contributed by atoms with Crippen LogP contribution in [0.1, 0.15) is 5.56 Å². The molecule has 0 amide bonds. The molecule has 0 aromatic heterocycles. The molecule has 0 aliphatic carbocycles. The van der Waals surface area contributed by atoms with Crippen molar-refractivity contribution in [1.82, 2.24) is 0 Å². The Morgan fingerprint density at radius 1 is 1.29 bits per heavy atom. The number of halogens is 1. The number of nitrogens with zero attached hydrogens (tertiary/aromatic N) is 1. The molecule has 0 saturated carbocycles. The van der Waals surface area contributed by atoms with E-state index in [1.54, 1.807) is 24.3 Å². The first-order valence-corrected chi connectivity index (χ1v) is 5.98. The number of nitro groups is 1. The third-order valence-corrected chi connectivity index (χ3v) is 2.78. The molecule has 0 saturated heterocycles. The van der Waals surface area contributed by atoms with E-state index in [1.165, 1.54) is 6.07 Å². The Labute approximate surface area is 119 Å². The minimum absolute atomic E-state index is 0.188. The number of hydrogen-bond donors (Lipinski definition) is 2. The van der Waals surface area contributed by atoms with Gasteiger partial charge in [-0.05, 0) is 23.8 Å². The molecule has 2 aromatic rings. The van der Waals surface area contributed by atoms with Crippen molar-refractivity contribution in [2.45, 2.75) is 6.42 Å². The Balaban J connectivity index is 2.32. The number of aliphatic carboxylic acids is 1. The van der Waals surface area contributed by atoms with E-state index in [4.69, 9.17) is 5.11 Å². The average molecular weight is 290 g/mol. The fraction of sp³-hybridized carbons (Fsp3) is 0.0714. The fourth-order valence-electron chi connectivity index (χ4n) is 1.85. The molecule has 0 spiro atoms. The van der Waals surface area contributed by atoms with E-state index in [9.17, 15) is 19.3 Å². The number of benzene rings is 2. The van der Waals surface area contributed by atoms with Crippen molar-refractivity contribution in [3.63, 3.8) is 0 Å². The molecule has 108 valence electrons. The molecule has 0 fully saturated rings. The first kappa shape index (κ1) is 14.4. The van der Waals surface area contributed by atoms with E-state index in [0.717, 1.165) is 12.1 Å². The van der Waals surface area contributed by atoms with Crippen LogP contribution in [0.25, 0.3) is 0 Å². The fourth-order valence-corrected chi connectivity index (χ4v) is 1.85. The Hall–Kier alpha value is -2.96. The normalized spacial score (nSPS) is 10.1. The molecule has 0 bridgehead atoms. The average Bonchev–Trinajstić information content (AvgIpc) is 2.42. The molecule has 0 unspecified atom stereocenters. The summed E-state index contributed by atoms with van der Waals surface area (Å²) in [6.07, 6.45) is -0.188. The zero-order chi connectivity index (χ0) is 15.4.